The number of carboxylic acid groups (broad SMARTS) is 1. The molecule has 2 unspecified atom stereocenters. The van der Waals surface area contributed by atoms with E-state index in [1.807, 2.05) is 0 Å². The summed E-state index contributed by atoms with van der Waals surface area (Å²) in [5.41, 5.74) is -0.0108. The van der Waals surface area contributed by atoms with E-state index in [2.05, 4.69) is 4.90 Å². The first kappa shape index (κ1) is 15.3. The molecule has 0 aromatic heterocycles. The van der Waals surface area contributed by atoms with Gasteiger partial charge in [0.2, 0.25) is 0 Å². The van der Waals surface area contributed by atoms with Gasteiger partial charge in [-0.25, -0.2) is 0 Å². The zero-order valence-electron chi connectivity index (χ0n) is 12.8. The SMILES string of the molecule is O=C(O)CCC1CCN(C2CCOC3(CCOC3)C2)CC1. The summed E-state index contributed by atoms with van der Waals surface area (Å²) in [6.07, 6.45) is 6.73. The first-order valence-electron chi connectivity index (χ1n) is 8.34. The quantitative estimate of drug-likeness (QED) is 0.859. The third-order valence-electron chi connectivity index (χ3n) is 5.47. The molecule has 0 saturated carbocycles. The van der Waals surface area contributed by atoms with Crippen LogP contribution in [-0.2, 0) is 14.3 Å². The fraction of sp³-hybridized carbons (Fsp3) is 0.938. The lowest BCUT2D eigenvalue weighted by Crippen LogP contribution is -2.51. The van der Waals surface area contributed by atoms with Gasteiger partial charge in [-0.3, -0.25) is 4.79 Å². The third kappa shape index (κ3) is 3.76. The molecular weight excluding hydrogens is 270 g/mol. The molecule has 5 heteroatoms. The number of hydrogen-bond donors (Lipinski definition) is 1. The maximum atomic E-state index is 10.7. The van der Waals surface area contributed by atoms with Gasteiger partial charge in [-0.1, -0.05) is 0 Å². The van der Waals surface area contributed by atoms with Crippen molar-refractivity contribution in [1.29, 1.82) is 0 Å². The molecule has 21 heavy (non-hydrogen) atoms. The average Bonchev–Trinajstić information content (AvgIpc) is 2.93. The predicted molar refractivity (Wildman–Crippen MR) is 78.3 cm³/mol. The lowest BCUT2D eigenvalue weighted by atomic mass is 9.86. The summed E-state index contributed by atoms with van der Waals surface area (Å²) < 4.78 is 11.6. The second-order valence-corrected chi connectivity index (χ2v) is 6.89. The molecule has 3 aliphatic heterocycles. The Morgan fingerprint density at radius 1 is 1.24 bits per heavy atom. The highest BCUT2D eigenvalue weighted by Gasteiger charge is 2.42. The Labute approximate surface area is 126 Å². The van der Waals surface area contributed by atoms with Crippen LogP contribution in [0.15, 0.2) is 0 Å². The van der Waals surface area contributed by atoms with Gasteiger partial charge in [0.25, 0.3) is 0 Å². The Hall–Kier alpha value is -0.650. The fourth-order valence-electron chi connectivity index (χ4n) is 4.11. The number of piperidine rings is 1. The summed E-state index contributed by atoms with van der Waals surface area (Å²) in [6, 6.07) is 0.626. The topological polar surface area (TPSA) is 59.0 Å². The van der Waals surface area contributed by atoms with E-state index in [1.54, 1.807) is 0 Å². The van der Waals surface area contributed by atoms with Crippen LogP contribution in [0.1, 0.15) is 44.9 Å². The zero-order chi connectivity index (χ0) is 14.7. The van der Waals surface area contributed by atoms with Gasteiger partial charge < -0.3 is 19.5 Å². The molecule has 0 aromatic carbocycles. The van der Waals surface area contributed by atoms with E-state index in [1.165, 1.54) is 0 Å². The Morgan fingerprint density at radius 2 is 2.05 bits per heavy atom. The van der Waals surface area contributed by atoms with Gasteiger partial charge >= 0.3 is 5.97 Å². The molecule has 3 aliphatic rings. The predicted octanol–water partition coefficient (Wildman–Crippen LogP) is 1.90. The van der Waals surface area contributed by atoms with Gasteiger partial charge in [0.15, 0.2) is 0 Å². The molecule has 0 aliphatic carbocycles. The summed E-state index contributed by atoms with van der Waals surface area (Å²) >= 11 is 0. The number of likely N-dealkylation sites (tertiary alicyclic amines) is 1. The summed E-state index contributed by atoms with van der Waals surface area (Å²) in [5, 5.41) is 8.78. The van der Waals surface area contributed by atoms with Crippen LogP contribution < -0.4 is 0 Å². The molecule has 3 heterocycles. The van der Waals surface area contributed by atoms with E-state index in [0.29, 0.717) is 18.4 Å². The van der Waals surface area contributed by atoms with E-state index in [9.17, 15) is 4.79 Å². The van der Waals surface area contributed by atoms with Crippen molar-refractivity contribution in [1.82, 2.24) is 4.90 Å². The zero-order valence-corrected chi connectivity index (χ0v) is 12.8. The number of ether oxygens (including phenoxy) is 2. The molecule has 0 aromatic rings. The molecule has 120 valence electrons. The molecule has 0 bridgehead atoms. The summed E-state index contributed by atoms with van der Waals surface area (Å²) in [4.78, 5) is 13.3. The number of aliphatic carboxylic acids is 1. The monoisotopic (exact) mass is 297 g/mol. The minimum atomic E-state index is -0.662. The number of rotatable bonds is 4. The van der Waals surface area contributed by atoms with Crippen LogP contribution in [0.4, 0.5) is 0 Å². The highest BCUT2D eigenvalue weighted by molar-refractivity contribution is 5.66. The van der Waals surface area contributed by atoms with Crippen molar-refractivity contribution in [2.75, 3.05) is 32.9 Å². The molecule has 3 saturated heterocycles. The molecule has 1 N–H and O–H groups in total. The van der Waals surface area contributed by atoms with Crippen LogP contribution in [0.3, 0.4) is 0 Å². The first-order valence-corrected chi connectivity index (χ1v) is 8.34. The van der Waals surface area contributed by atoms with Crippen molar-refractivity contribution in [2.24, 2.45) is 5.92 Å². The number of carbonyl (C=O) groups is 1. The van der Waals surface area contributed by atoms with E-state index in [0.717, 1.165) is 71.4 Å². The van der Waals surface area contributed by atoms with Crippen LogP contribution in [0, 0.1) is 5.92 Å². The fourth-order valence-corrected chi connectivity index (χ4v) is 4.11. The minimum absolute atomic E-state index is 0.0108. The lowest BCUT2D eigenvalue weighted by Gasteiger charge is -2.44. The number of hydrogen-bond acceptors (Lipinski definition) is 4. The number of nitrogens with zero attached hydrogens (tertiary/aromatic N) is 1. The third-order valence-corrected chi connectivity index (χ3v) is 5.47. The lowest BCUT2D eigenvalue weighted by molar-refractivity contribution is -0.137. The molecule has 0 radical (unpaired) electrons. The smallest absolute Gasteiger partial charge is 0.303 e. The highest BCUT2D eigenvalue weighted by Crippen LogP contribution is 2.36. The van der Waals surface area contributed by atoms with Gasteiger partial charge in [-0.05, 0) is 51.1 Å². The molecule has 5 nitrogen and oxygen atoms in total. The summed E-state index contributed by atoms with van der Waals surface area (Å²) in [6.45, 7) is 4.69. The van der Waals surface area contributed by atoms with Crippen molar-refractivity contribution in [3.05, 3.63) is 0 Å². The summed E-state index contributed by atoms with van der Waals surface area (Å²) in [7, 11) is 0. The van der Waals surface area contributed by atoms with Crippen LogP contribution in [0.2, 0.25) is 0 Å². The Balaban J connectivity index is 1.46. The van der Waals surface area contributed by atoms with Crippen LogP contribution >= 0.6 is 0 Å². The van der Waals surface area contributed by atoms with Gasteiger partial charge in [-0.2, -0.15) is 0 Å². The molecule has 3 fully saturated rings. The van der Waals surface area contributed by atoms with E-state index < -0.39 is 5.97 Å². The van der Waals surface area contributed by atoms with Crippen molar-refractivity contribution in [3.8, 4) is 0 Å². The second-order valence-electron chi connectivity index (χ2n) is 6.89. The largest absolute Gasteiger partial charge is 0.481 e. The van der Waals surface area contributed by atoms with E-state index in [-0.39, 0.29) is 5.60 Å². The van der Waals surface area contributed by atoms with Gasteiger partial charge in [0.05, 0.1) is 12.2 Å². The van der Waals surface area contributed by atoms with Crippen molar-refractivity contribution < 1.29 is 19.4 Å². The highest BCUT2D eigenvalue weighted by atomic mass is 16.6. The van der Waals surface area contributed by atoms with Gasteiger partial charge in [-0.15, -0.1) is 0 Å². The number of carboxylic acids is 1. The van der Waals surface area contributed by atoms with Gasteiger partial charge in [0.1, 0.15) is 0 Å². The van der Waals surface area contributed by atoms with E-state index in [4.69, 9.17) is 14.6 Å². The van der Waals surface area contributed by atoms with Crippen molar-refractivity contribution in [2.45, 2.75) is 56.6 Å². The first-order chi connectivity index (χ1) is 10.2. The van der Waals surface area contributed by atoms with Crippen LogP contribution in [0.5, 0.6) is 0 Å². The molecule has 3 rings (SSSR count). The second kappa shape index (κ2) is 6.63. The molecule has 2 atom stereocenters. The molecule has 0 amide bonds. The van der Waals surface area contributed by atoms with Gasteiger partial charge in [0, 0.05) is 32.1 Å². The van der Waals surface area contributed by atoms with E-state index >= 15 is 0 Å². The van der Waals surface area contributed by atoms with Crippen molar-refractivity contribution >= 4 is 5.97 Å². The maximum Gasteiger partial charge on any atom is 0.303 e. The van der Waals surface area contributed by atoms with Crippen LogP contribution in [0.25, 0.3) is 0 Å². The average molecular weight is 297 g/mol. The molecular formula is C16H27NO4. The van der Waals surface area contributed by atoms with Crippen molar-refractivity contribution in [3.63, 3.8) is 0 Å². The Kier molecular flexibility index (Phi) is 4.82. The summed E-state index contributed by atoms with van der Waals surface area (Å²) in [5.74, 6) is -0.0639. The Morgan fingerprint density at radius 3 is 2.71 bits per heavy atom. The minimum Gasteiger partial charge on any atom is -0.481 e. The standard InChI is InChI=1S/C16H27NO4/c18-15(19)2-1-13-3-7-17(8-4-13)14-5-9-21-16(11-14)6-10-20-12-16/h13-14H,1-12H2,(H,18,19). The normalized spacial score (nSPS) is 35.3. The van der Waals surface area contributed by atoms with Crippen LogP contribution in [-0.4, -0.2) is 60.5 Å². The molecule has 1 spiro atoms. The Bertz CT molecular complexity index is 359. The maximum absolute atomic E-state index is 10.7.